The number of thiophene rings is 1. The maximum atomic E-state index is 12.5. The second kappa shape index (κ2) is 5.35. The van der Waals surface area contributed by atoms with Crippen molar-refractivity contribution in [1.82, 2.24) is 4.90 Å². The SMILES string of the molecule is O=C(c1ccc(Cl)s1)N(Cc1ccccc1)C1CC1. The molecule has 0 N–H and O–H groups in total. The van der Waals surface area contributed by atoms with Gasteiger partial charge in [-0.25, -0.2) is 0 Å². The van der Waals surface area contributed by atoms with Gasteiger partial charge in [0.2, 0.25) is 0 Å². The van der Waals surface area contributed by atoms with Crippen LogP contribution >= 0.6 is 22.9 Å². The summed E-state index contributed by atoms with van der Waals surface area (Å²) in [4.78, 5) is 15.2. The summed E-state index contributed by atoms with van der Waals surface area (Å²) < 4.78 is 0.666. The highest BCUT2D eigenvalue weighted by molar-refractivity contribution is 7.17. The number of carbonyl (C=O) groups is 1. The number of halogens is 1. The number of amides is 1. The average molecular weight is 292 g/mol. The fraction of sp³-hybridized carbons (Fsp3) is 0.267. The van der Waals surface area contributed by atoms with Crippen molar-refractivity contribution in [2.24, 2.45) is 0 Å². The summed E-state index contributed by atoms with van der Waals surface area (Å²) in [7, 11) is 0. The Morgan fingerprint density at radius 2 is 1.95 bits per heavy atom. The zero-order chi connectivity index (χ0) is 13.2. The molecule has 1 aromatic heterocycles. The highest BCUT2D eigenvalue weighted by atomic mass is 35.5. The first-order valence-electron chi connectivity index (χ1n) is 6.34. The van der Waals surface area contributed by atoms with Crippen LogP contribution in [0.2, 0.25) is 4.34 Å². The van der Waals surface area contributed by atoms with Crippen LogP contribution in [-0.2, 0) is 6.54 Å². The van der Waals surface area contributed by atoms with Gasteiger partial charge in [0.1, 0.15) is 0 Å². The molecule has 98 valence electrons. The fourth-order valence-electron chi connectivity index (χ4n) is 2.10. The first-order chi connectivity index (χ1) is 9.24. The highest BCUT2D eigenvalue weighted by Gasteiger charge is 2.33. The molecule has 0 atom stereocenters. The molecule has 0 saturated heterocycles. The van der Waals surface area contributed by atoms with E-state index in [0.717, 1.165) is 17.7 Å². The van der Waals surface area contributed by atoms with Crippen molar-refractivity contribution >= 4 is 28.8 Å². The lowest BCUT2D eigenvalue weighted by molar-refractivity contribution is 0.0735. The normalized spacial score (nSPS) is 14.4. The van der Waals surface area contributed by atoms with E-state index in [1.165, 1.54) is 16.9 Å². The number of carbonyl (C=O) groups excluding carboxylic acids is 1. The van der Waals surface area contributed by atoms with E-state index in [1.807, 2.05) is 29.2 Å². The van der Waals surface area contributed by atoms with E-state index in [9.17, 15) is 4.79 Å². The van der Waals surface area contributed by atoms with Gasteiger partial charge in [-0.2, -0.15) is 0 Å². The summed E-state index contributed by atoms with van der Waals surface area (Å²) >= 11 is 7.27. The van der Waals surface area contributed by atoms with Crippen molar-refractivity contribution < 1.29 is 4.79 Å². The average Bonchev–Trinajstić information content (AvgIpc) is 3.18. The lowest BCUT2D eigenvalue weighted by atomic mass is 10.2. The van der Waals surface area contributed by atoms with Crippen LogP contribution in [0, 0.1) is 0 Å². The van der Waals surface area contributed by atoms with Crippen molar-refractivity contribution in [3.8, 4) is 0 Å². The van der Waals surface area contributed by atoms with E-state index >= 15 is 0 Å². The van der Waals surface area contributed by atoms with Gasteiger partial charge in [-0.3, -0.25) is 4.79 Å². The predicted octanol–water partition coefficient (Wildman–Crippen LogP) is 4.21. The molecule has 1 amide bonds. The Kier molecular flexibility index (Phi) is 3.58. The molecule has 19 heavy (non-hydrogen) atoms. The highest BCUT2D eigenvalue weighted by Crippen LogP contribution is 2.32. The topological polar surface area (TPSA) is 20.3 Å². The molecule has 0 radical (unpaired) electrons. The Morgan fingerprint density at radius 1 is 1.21 bits per heavy atom. The maximum Gasteiger partial charge on any atom is 0.264 e. The monoisotopic (exact) mass is 291 g/mol. The van der Waals surface area contributed by atoms with E-state index in [2.05, 4.69) is 12.1 Å². The molecule has 3 rings (SSSR count). The van der Waals surface area contributed by atoms with Crippen molar-refractivity contribution in [2.45, 2.75) is 25.4 Å². The van der Waals surface area contributed by atoms with Gasteiger partial charge in [0, 0.05) is 12.6 Å². The number of nitrogens with zero attached hydrogens (tertiary/aromatic N) is 1. The lowest BCUT2D eigenvalue weighted by Crippen LogP contribution is -2.32. The molecule has 4 heteroatoms. The van der Waals surface area contributed by atoms with Gasteiger partial charge < -0.3 is 4.90 Å². The minimum atomic E-state index is 0.100. The summed E-state index contributed by atoms with van der Waals surface area (Å²) in [6, 6.07) is 14.1. The van der Waals surface area contributed by atoms with E-state index in [1.54, 1.807) is 6.07 Å². The molecule has 0 spiro atoms. The zero-order valence-corrected chi connectivity index (χ0v) is 12.0. The van der Waals surface area contributed by atoms with Gasteiger partial charge in [-0.15, -0.1) is 11.3 Å². The summed E-state index contributed by atoms with van der Waals surface area (Å²) in [5.74, 6) is 0.100. The van der Waals surface area contributed by atoms with E-state index in [-0.39, 0.29) is 5.91 Å². The Hall–Kier alpha value is -1.32. The van der Waals surface area contributed by atoms with Crippen LogP contribution in [0.5, 0.6) is 0 Å². The van der Waals surface area contributed by atoms with Crippen LogP contribution in [0.3, 0.4) is 0 Å². The molecule has 2 aromatic rings. The predicted molar refractivity (Wildman–Crippen MR) is 78.7 cm³/mol. The molecule has 1 heterocycles. The molecule has 0 aliphatic heterocycles. The largest absolute Gasteiger partial charge is 0.331 e. The Labute approximate surface area is 121 Å². The van der Waals surface area contributed by atoms with Crippen LogP contribution in [-0.4, -0.2) is 16.8 Å². The van der Waals surface area contributed by atoms with Gasteiger partial charge >= 0.3 is 0 Å². The third-order valence-corrected chi connectivity index (χ3v) is 4.45. The fourth-order valence-corrected chi connectivity index (χ4v) is 3.10. The zero-order valence-electron chi connectivity index (χ0n) is 10.4. The summed E-state index contributed by atoms with van der Waals surface area (Å²) in [5, 5.41) is 0. The minimum absolute atomic E-state index is 0.100. The Bertz CT molecular complexity index is 577. The van der Waals surface area contributed by atoms with Crippen LogP contribution < -0.4 is 0 Å². The first-order valence-corrected chi connectivity index (χ1v) is 7.54. The smallest absolute Gasteiger partial charge is 0.264 e. The molecule has 0 unspecified atom stereocenters. The van der Waals surface area contributed by atoms with Crippen molar-refractivity contribution in [2.75, 3.05) is 0 Å². The molecule has 1 aromatic carbocycles. The molecule has 1 saturated carbocycles. The van der Waals surface area contributed by atoms with E-state index in [0.29, 0.717) is 16.9 Å². The molecule has 1 aliphatic rings. The maximum absolute atomic E-state index is 12.5. The standard InChI is InChI=1S/C15H14ClNOS/c16-14-9-8-13(19-14)15(18)17(12-6-7-12)10-11-4-2-1-3-5-11/h1-5,8-9,12H,6-7,10H2. The minimum Gasteiger partial charge on any atom is -0.331 e. The second-order valence-electron chi connectivity index (χ2n) is 4.75. The summed E-state index contributed by atoms with van der Waals surface area (Å²) in [6.07, 6.45) is 2.22. The van der Waals surface area contributed by atoms with Crippen molar-refractivity contribution in [1.29, 1.82) is 0 Å². The molecule has 0 bridgehead atoms. The Balaban J connectivity index is 1.79. The van der Waals surface area contributed by atoms with Crippen LogP contribution in [0.4, 0.5) is 0 Å². The molecular formula is C15H14ClNOS. The van der Waals surface area contributed by atoms with E-state index in [4.69, 9.17) is 11.6 Å². The van der Waals surface area contributed by atoms with Gasteiger partial charge in [0.05, 0.1) is 9.21 Å². The van der Waals surface area contributed by atoms with Gasteiger partial charge in [0.25, 0.3) is 5.91 Å². The molecular weight excluding hydrogens is 278 g/mol. The van der Waals surface area contributed by atoms with Gasteiger partial charge in [-0.1, -0.05) is 41.9 Å². The lowest BCUT2D eigenvalue weighted by Gasteiger charge is -2.21. The van der Waals surface area contributed by atoms with Crippen molar-refractivity contribution in [3.05, 3.63) is 57.2 Å². The Morgan fingerprint density at radius 3 is 2.53 bits per heavy atom. The van der Waals surface area contributed by atoms with E-state index < -0.39 is 0 Å². The number of benzene rings is 1. The summed E-state index contributed by atoms with van der Waals surface area (Å²) in [5.41, 5.74) is 1.17. The molecule has 1 aliphatic carbocycles. The molecule has 2 nitrogen and oxygen atoms in total. The number of hydrogen-bond donors (Lipinski definition) is 0. The second-order valence-corrected chi connectivity index (χ2v) is 6.47. The molecule has 1 fully saturated rings. The first kappa shape index (κ1) is 12.7. The number of rotatable bonds is 4. The number of hydrogen-bond acceptors (Lipinski definition) is 2. The summed E-state index contributed by atoms with van der Waals surface area (Å²) in [6.45, 7) is 0.680. The quantitative estimate of drug-likeness (QED) is 0.826. The third-order valence-electron chi connectivity index (χ3n) is 3.23. The van der Waals surface area contributed by atoms with Crippen LogP contribution in [0.25, 0.3) is 0 Å². The van der Waals surface area contributed by atoms with Gasteiger partial charge in [-0.05, 0) is 30.5 Å². The van der Waals surface area contributed by atoms with Gasteiger partial charge in [0.15, 0.2) is 0 Å². The van der Waals surface area contributed by atoms with Crippen molar-refractivity contribution in [3.63, 3.8) is 0 Å². The van der Waals surface area contributed by atoms with Crippen LogP contribution in [0.15, 0.2) is 42.5 Å². The van der Waals surface area contributed by atoms with Crippen LogP contribution in [0.1, 0.15) is 28.1 Å². The third kappa shape index (κ3) is 2.99.